The Labute approximate surface area is 185 Å². The summed E-state index contributed by atoms with van der Waals surface area (Å²) in [5.41, 5.74) is 3.85. The van der Waals surface area contributed by atoms with Crippen molar-refractivity contribution in [2.75, 3.05) is 18.5 Å². The molecule has 1 aliphatic heterocycles. The summed E-state index contributed by atoms with van der Waals surface area (Å²) in [6.45, 7) is 1.05. The lowest BCUT2D eigenvalue weighted by Gasteiger charge is -2.37. The minimum absolute atomic E-state index is 0.316. The van der Waals surface area contributed by atoms with Gasteiger partial charge in [-0.05, 0) is 65.9 Å². The smallest absolute Gasteiger partial charge is 0.122 e. The third-order valence-corrected chi connectivity index (χ3v) is 6.46. The van der Waals surface area contributed by atoms with Crippen LogP contribution in [0.3, 0.4) is 0 Å². The van der Waals surface area contributed by atoms with E-state index in [0.29, 0.717) is 31.1 Å². The molecule has 0 spiro atoms. The van der Waals surface area contributed by atoms with Crippen LogP contribution in [0.5, 0.6) is 11.5 Å². The third-order valence-electron chi connectivity index (χ3n) is 5.93. The van der Waals surface area contributed by atoms with Gasteiger partial charge in [0.15, 0.2) is 0 Å². The van der Waals surface area contributed by atoms with E-state index in [1.165, 1.54) is 16.8 Å². The van der Waals surface area contributed by atoms with Gasteiger partial charge in [-0.25, -0.2) is 0 Å². The van der Waals surface area contributed by atoms with E-state index in [1.54, 1.807) is 0 Å². The molecule has 152 valence electrons. The van der Waals surface area contributed by atoms with Crippen LogP contribution in [-0.2, 0) is 0 Å². The van der Waals surface area contributed by atoms with E-state index in [2.05, 4.69) is 69.8 Å². The van der Waals surface area contributed by atoms with Gasteiger partial charge < -0.3 is 14.8 Å². The van der Waals surface area contributed by atoms with Crippen molar-refractivity contribution in [1.82, 2.24) is 0 Å². The first kappa shape index (κ1) is 19.3. The Morgan fingerprint density at radius 3 is 2.43 bits per heavy atom. The van der Waals surface area contributed by atoms with Crippen molar-refractivity contribution < 1.29 is 9.47 Å². The summed E-state index contributed by atoms with van der Waals surface area (Å²) in [6, 6.07) is 25.2. The maximum atomic E-state index is 5.98. The molecular weight excluding hydrogens is 438 g/mol. The molecule has 0 radical (unpaired) electrons. The monoisotopic (exact) mass is 461 g/mol. The molecule has 1 heterocycles. The van der Waals surface area contributed by atoms with Crippen LogP contribution in [0.1, 0.15) is 29.5 Å². The van der Waals surface area contributed by atoms with Gasteiger partial charge in [-0.2, -0.15) is 0 Å². The second-order valence-electron chi connectivity index (χ2n) is 7.79. The molecule has 1 aliphatic carbocycles. The number of nitrogens with one attached hydrogen (secondary N) is 1. The van der Waals surface area contributed by atoms with E-state index < -0.39 is 0 Å². The number of halogens is 1. The molecule has 2 aliphatic rings. The van der Waals surface area contributed by atoms with E-state index in [1.807, 2.05) is 36.4 Å². The topological polar surface area (TPSA) is 30.5 Å². The number of hydrogen-bond donors (Lipinski definition) is 1. The number of hydrogen-bond acceptors (Lipinski definition) is 3. The standard InChI is InChI=1S/C26H24BrNO2/c27-19-11-9-18(10-12-19)26-23-8-4-7-22(23)24-17-21(13-14-25(24)28-26)30-16-15-29-20-5-2-1-3-6-20/h1-7,9-14,17,22-23,26,28H,8,15-16H2. The van der Waals surface area contributed by atoms with Crippen molar-refractivity contribution in [3.05, 3.63) is 101 Å². The molecule has 0 fully saturated rings. The van der Waals surface area contributed by atoms with Crippen LogP contribution in [0.25, 0.3) is 0 Å². The molecule has 0 bridgehead atoms. The number of rotatable bonds is 6. The number of benzene rings is 3. The molecule has 30 heavy (non-hydrogen) atoms. The Hall–Kier alpha value is -2.72. The molecule has 4 heteroatoms. The average Bonchev–Trinajstić information content (AvgIpc) is 3.28. The van der Waals surface area contributed by atoms with E-state index >= 15 is 0 Å². The maximum Gasteiger partial charge on any atom is 0.122 e. The largest absolute Gasteiger partial charge is 0.490 e. The first-order valence-corrected chi connectivity index (χ1v) is 11.2. The highest BCUT2D eigenvalue weighted by Gasteiger charge is 2.37. The lowest BCUT2D eigenvalue weighted by atomic mass is 9.77. The van der Waals surface area contributed by atoms with Gasteiger partial charge in [0.25, 0.3) is 0 Å². The number of anilines is 1. The zero-order valence-electron chi connectivity index (χ0n) is 16.6. The Balaban J connectivity index is 1.29. The van der Waals surface area contributed by atoms with Crippen LogP contribution >= 0.6 is 15.9 Å². The van der Waals surface area contributed by atoms with Gasteiger partial charge in [-0.3, -0.25) is 0 Å². The Bertz CT molecular complexity index is 1030. The van der Waals surface area contributed by atoms with E-state index in [9.17, 15) is 0 Å². The molecule has 0 aromatic heterocycles. The fourth-order valence-corrected chi connectivity index (χ4v) is 4.76. The number of ether oxygens (including phenoxy) is 2. The fourth-order valence-electron chi connectivity index (χ4n) is 4.50. The molecule has 1 N–H and O–H groups in total. The highest BCUT2D eigenvalue weighted by atomic mass is 79.9. The van der Waals surface area contributed by atoms with Crippen molar-refractivity contribution in [2.45, 2.75) is 18.4 Å². The molecule has 0 saturated carbocycles. The molecule has 3 atom stereocenters. The Morgan fingerprint density at radius 2 is 1.63 bits per heavy atom. The first-order chi connectivity index (χ1) is 14.8. The van der Waals surface area contributed by atoms with Gasteiger partial charge in [0.2, 0.25) is 0 Å². The van der Waals surface area contributed by atoms with Gasteiger partial charge in [0, 0.05) is 16.1 Å². The van der Waals surface area contributed by atoms with E-state index in [-0.39, 0.29) is 0 Å². The summed E-state index contributed by atoms with van der Waals surface area (Å²) < 4.78 is 12.8. The zero-order chi connectivity index (χ0) is 20.3. The fraction of sp³-hybridized carbons (Fsp3) is 0.231. The summed E-state index contributed by atoms with van der Waals surface area (Å²) in [4.78, 5) is 0. The van der Waals surface area contributed by atoms with Crippen LogP contribution in [0.15, 0.2) is 89.4 Å². The van der Waals surface area contributed by atoms with Gasteiger partial charge in [-0.15, -0.1) is 0 Å². The summed E-state index contributed by atoms with van der Waals surface area (Å²) in [7, 11) is 0. The van der Waals surface area contributed by atoms with Gasteiger partial charge >= 0.3 is 0 Å². The highest BCUT2D eigenvalue weighted by molar-refractivity contribution is 9.10. The minimum Gasteiger partial charge on any atom is -0.490 e. The van der Waals surface area contributed by atoms with Gasteiger partial charge in [0.1, 0.15) is 24.7 Å². The number of allylic oxidation sites excluding steroid dienone is 2. The molecule has 3 unspecified atom stereocenters. The predicted octanol–water partition coefficient (Wildman–Crippen LogP) is 6.73. The van der Waals surface area contributed by atoms with Gasteiger partial charge in [-0.1, -0.05) is 58.4 Å². The molecule has 0 saturated heterocycles. The van der Waals surface area contributed by atoms with Gasteiger partial charge in [0.05, 0.1) is 6.04 Å². The van der Waals surface area contributed by atoms with E-state index in [0.717, 1.165) is 22.4 Å². The number of fused-ring (bicyclic) bond motifs is 3. The lowest BCUT2D eigenvalue weighted by molar-refractivity contribution is 0.217. The first-order valence-electron chi connectivity index (χ1n) is 10.4. The average molecular weight is 462 g/mol. The molecule has 3 nitrogen and oxygen atoms in total. The summed E-state index contributed by atoms with van der Waals surface area (Å²) >= 11 is 3.54. The van der Waals surface area contributed by atoms with E-state index in [4.69, 9.17) is 9.47 Å². The second kappa shape index (κ2) is 8.57. The second-order valence-corrected chi connectivity index (χ2v) is 8.70. The summed E-state index contributed by atoms with van der Waals surface area (Å²) in [5.74, 6) is 2.70. The van der Waals surface area contributed by atoms with Crippen molar-refractivity contribution in [2.24, 2.45) is 5.92 Å². The van der Waals surface area contributed by atoms with Crippen LogP contribution < -0.4 is 14.8 Å². The molecule has 3 aromatic rings. The predicted molar refractivity (Wildman–Crippen MR) is 124 cm³/mol. The molecule has 5 rings (SSSR count). The lowest BCUT2D eigenvalue weighted by Crippen LogP contribution is -2.29. The quantitative estimate of drug-likeness (QED) is 0.325. The maximum absolute atomic E-state index is 5.98. The molecule has 3 aromatic carbocycles. The highest BCUT2D eigenvalue weighted by Crippen LogP contribution is 2.50. The van der Waals surface area contributed by atoms with Crippen LogP contribution in [0.2, 0.25) is 0 Å². The van der Waals surface area contributed by atoms with Crippen molar-refractivity contribution in [3.8, 4) is 11.5 Å². The zero-order valence-corrected chi connectivity index (χ0v) is 18.2. The SMILES string of the molecule is Brc1ccc(C2Nc3ccc(OCCOc4ccccc4)cc3C3C=CCC32)cc1. The number of para-hydroxylation sites is 1. The Kier molecular flexibility index (Phi) is 5.50. The summed E-state index contributed by atoms with van der Waals surface area (Å²) in [5, 5.41) is 3.78. The van der Waals surface area contributed by atoms with Crippen LogP contribution in [0, 0.1) is 5.92 Å². The molecular formula is C26H24BrNO2. The van der Waals surface area contributed by atoms with Crippen molar-refractivity contribution >= 4 is 21.6 Å². The normalized spacial score (nSPS) is 21.4. The third kappa shape index (κ3) is 3.97. The molecule has 0 amide bonds. The van der Waals surface area contributed by atoms with Crippen molar-refractivity contribution in [3.63, 3.8) is 0 Å². The Morgan fingerprint density at radius 1 is 0.867 bits per heavy atom. The van der Waals surface area contributed by atoms with Crippen LogP contribution in [0.4, 0.5) is 5.69 Å². The van der Waals surface area contributed by atoms with Crippen molar-refractivity contribution in [1.29, 1.82) is 0 Å². The minimum atomic E-state index is 0.316. The van der Waals surface area contributed by atoms with Crippen LogP contribution in [-0.4, -0.2) is 13.2 Å². The summed E-state index contributed by atoms with van der Waals surface area (Å²) in [6.07, 6.45) is 5.77.